The van der Waals surface area contributed by atoms with Crippen LogP contribution in [0.3, 0.4) is 0 Å². The normalized spacial score (nSPS) is 11.8. The van der Waals surface area contributed by atoms with E-state index < -0.39 is 0 Å². The number of hydrogen-bond donors (Lipinski definition) is 1. The summed E-state index contributed by atoms with van der Waals surface area (Å²) in [6.45, 7) is 1.91. The largest absolute Gasteiger partial charge is 0.484 e. The number of amides is 1. The van der Waals surface area contributed by atoms with Gasteiger partial charge in [0, 0.05) is 10.7 Å². The molecule has 134 valence electrons. The molecule has 0 saturated heterocycles. The summed E-state index contributed by atoms with van der Waals surface area (Å²) < 4.78 is 11.1. The van der Waals surface area contributed by atoms with Gasteiger partial charge in [-0.2, -0.15) is 0 Å². The minimum atomic E-state index is -0.388. The van der Waals surface area contributed by atoms with Gasteiger partial charge in [0.25, 0.3) is 11.1 Å². The Morgan fingerprint density at radius 2 is 1.92 bits per heavy atom. The molecule has 1 N–H and O–H groups in total. The fourth-order valence-electron chi connectivity index (χ4n) is 1.99. The number of para-hydroxylation sites is 1. The maximum absolute atomic E-state index is 12.2. The van der Waals surface area contributed by atoms with Crippen molar-refractivity contribution in [2.75, 3.05) is 5.32 Å². The lowest BCUT2D eigenvalue weighted by Crippen LogP contribution is -2.22. The van der Waals surface area contributed by atoms with E-state index >= 15 is 0 Å². The number of aromatic nitrogens is 2. The Labute approximate surface area is 159 Å². The average molecular weight is 390 g/mol. The fraction of sp³-hybridized carbons (Fsp3) is 0.167. The molecule has 0 spiro atoms. The van der Waals surface area contributed by atoms with E-state index in [0.717, 1.165) is 5.69 Å². The second-order valence-electron chi connectivity index (χ2n) is 5.32. The third kappa shape index (κ3) is 5.24. The van der Waals surface area contributed by atoms with Crippen LogP contribution >= 0.6 is 23.4 Å². The number of nitrogens with one attached hydrogen (secondary N) is 1. The summed E-state index contributed by atoms with van der Waals surface area (Å²) in [4.78, 5) is 12.2. The van der Waals surface area contributed by atoms with E-state index in [-0.39, 0.29) is 17.8 Å². The molecule has 1 aromatic heterocycles. The summed E-state index contributed by atoms with van der Waals surface area (Å²) >= 11 is 7.02. The topological polar surface area (TPSA) is 77.2 Å². The maximum Gasteiger partial charge on any atom is 0.277 e. The average Bonchev–Trinajstić information content (AvgIpc) is 3.09. The first-order valence-electron chi connectivity index (χ1n) is 7.83. The molecule has 2 aromatic carbocycles. The lowest BCUT2D eigenvalue weighted by Gasteiger charge is -2.09. The van der Waals surface area contributed by atoms with Gasteiger partial charge < -0.3 is 14.5 Å². The van der Waals surface area contributed by atoms with Crippen molar-refractivity contribution in [1.82, 2.24) is 10.2 Å². The van der Waals surface area contributed by atoms with Gasteiger partial charge in [0.15, 0.2) is 6.61 Å². The van der Waals surface area contributed by atoms with Gasteiger partial charge >= 0.3 is 0 Å². The van der Waals surface area contributed by atoms with Crippen molar-refractivity contribution < 1.29 is 13.9 Å². The molecule has 0 aliphatic heterocycles. The number of halogens is 1. The zero-order chi connectivity index (χ0) is 18.4. The molecule has 1 heterocycles. The van der Waals surface area contributed by atoms with E-state index in [1.165, 1.54) is 11.8 Å². The van der Waals surface area contributed by atoms with Crippen molar-refractivity contribution in [2.45, 2.75) is 24.0 Å². The molecule has 26 heavy (non-hydrogen) atoms. The van der Waals surface area contributed by atoms with E-state index in [0.29, 0.717) is 21.9 Å². The van der Waals surface area contributed by atoms with Crippen LogP contribution in [0.25, 0.3) is 0 Å². The molecule has 0 saturated carbocycles. The van der Waals surface area contributed by atoms with E-state index in [1.807, 2.05) is 30.3 Å². The van der Waals surface area contributed by atoms with Crippen molar-refractivity contribution in [3.63, 3.8) is 0 Å². The van der Waals surface area contributed by atoms with Gasteiger partial charge in [-0.15, -0.1) is 10.2 Å². The third-order valence-electron chi connectivity index (χ3n) is 3.31. The highest BCUT2D eigenvalue weighted by atomic mass is 35.5. The molecule has 6 nitrogen and oxygen atoms in total. The molecule has 0 fully saturated rings. The van der Waals surface area contributed by atoms with Crippen LogP contribution in [-0.4, -0.2) is 21.4 Å². The number of benzene rings is 2. The molecule has 8 heteroatoms. The van der Waals surface area contributed by atoms with Crippen LogP contribution in [0, 0.1) is 0 Å². The first kappa shape index (κ1) is 18.3. The standard InChI is InChI=1S/C18H16ClN3O3S/c1-12(17(23)20-14-5-3-2-4-6-14)26-18-22-21-16(25-18)11-24-15-9-7-13(19)8-10-15/h2-10,12H,11H2,1H3,(H,20,23)/t12-/m1/s1. The van der Waals surface area contributed by atoms with Gasteiger partial charge in [-0.05, 0) is 43.3 Å². The highest BCUT2D eigenvalue weighted by Crippen LogP contribution is 2.23. The SMILES string of the molecule is C[C@@H](Sc1nnc(COc2ccc(Cl)cc2)o1)C(=O)Nc1ccccc1. The lowest BCUT2D eigenvalue weighted by atomic mass is 10.3. The highest BCUT2D eigenvalue weighted by Gasteiger charge is 2.18. The third-order valence-corrected chi connectivity index (χ3v) is 4.50. The second-order valence-corrected chi connectivity index (χ2v) is 7.05. The molecular formula is C18H16ClN3O3S. The van der Waals surface area contributed by atoms with Gasteiger partial charge in [0.05, 0.1) is 5.25 Å². The zero-order valence-electron chi connectivity index (χ0n) is 13.9. The predicted molar refractivity (Wildman–Crippen MR) is 100 cm³/mol. The van der Waals surface area contributed by atoms with Crippen LogP contribution in [0.15, 0.2) is 64.2 Å². The van der Waals surface area contributed by atoms with Gasteiger partial charge in [0.1, 0.15) is 5.75 Å². The van der Waals surface area contributed by atoms with Crippen LogP contribution in [0.2, 0.25) is 5.02 Å². The van der Waals surface area contributed by atoms with Crippen LogP contribution in [0.1, 0.15) is 12.8 Å². The predicted octanol–water partition coefficient (Wildman–Crippen LogP) is 4.42. The summed E-state index contributed by atoms with van der Waals surface area (Å²) in [6, 6.07) is 16.2. The molecule has 3 rings (SSSR count). The summed E-state index contributed by atoms with van der Waals surface area (Å²) in [5, 5.41) is 11.3. The number of rotatable bonds is 7. The lowest BCUT2D eigenvalue weighted by molar-refractivity contribution is -0.115. The molecule has 0 aliphatic rings. The first-order chi connectivity index (χ1) is 12.6. The van der Waals surface area contributed by atoms with Crippen LogP contribution < -0.4 is 10.1 Å². The number of nitrogens with zero attached hydrogens (tertiary/aromatic N) is 2. The fourth-order valence-corrected chi connectivity index (χ4v) is 2.82. The second kappa shape index (κ2) is 8.73. The Bertz CT molecular complexity index is 856. The molecule has 3 aromatic rings. The summed E-state index contributed by atoms with van der Waals surface area (Å²) in [6.07, 6.45) is 0. The van der Waals surface area contributed by atoms with Crippen molar-refractivity contribution >= 4 is 35.0 Å². The van der Waals surface area contributed by atoms with E-state index in [2.05, 4.69) is 15.5 Å². The Kier molecular flexibility index (Phi) is 6.14. The Morgan fingerprint density at radius 1 is 1.19 bits per heavy atom. The summed E-state index contributed by atoms with van der Waals surface area (Å²) in [5.74, 6) is 0.842. The molecule has 0 radical (unpaired) electrons. The Morgan fingerprint density at radius 3 is 2.65 bits per heavy atom. The number of hydrogen-bond acceptors (Lipinski definition) is 6. The van der Waals surface area contributed by atoms with Gasteiger partial charge in [-0.1, -0.05) is 41.6 Å². The van der Waals surface area contributed by atoms with E-state index in [4.69, 9.17) is 20.8 Å². The van der Waals surface area contributed by atoms with Gasteiger partial charge in [-0.25, -0.2) is 0 Å². The van der Waals surface area contributed by atoms with Gasteiger partial charge in [0.2, 0.25) is 5.91 Å². The minimum absolute atomic E-state index is 0.139. The molecule has 1 atom stereocenters. The van der Waals surface area contributed by atoms with Crippen molar-refractivity contribution in [1.29, 1.82) is 0 Å². The molecular weight excluding hydrogens is 374 g/mol. The highest BCUT2D eigenvalue weighted by molar-refractivity contribution is 8.00. The number of carbonyl (C=O) groups excluding carboxylic acids is 1. The van der Waals surface area contributed by atoms with E-state index in [9.17, 15) is 4.79 Å². The monoisotopic (exact) mass is 389 g/mol. The minimum Gasteiger partial charge on any atom is -0.484 e. The van der Waals surface area contributed by atoms with Crippen LogP contribution in [0.4, 0.5) is 5.69 Å². The summed E-state index contributed by atoms with van der Waals surface area (Å²) in [5.41, 5.74) is 0.743. The van der Waals surface area contributed by atoms with Gasteiger partial charge in [-0.3, -0.25) is 4.79 Å². The maximum atomic E-state index is 12.2. The summed E-state index contributed by atoms with van der Waals surface area (Å²) in [7, 11) is 0. The van der Waals surface area contributed by atoms with Crippen molar-refractivity contribution in [3.8, 4) is 5.75 Å². The number of ether oxygens (including phenoxy) is 1. The van der Waals surface area contributed by atoms with E-state index in [1.54, 1.807) is 31.2 Å². The zero-order valence-corrected chi connectivity index (χ0v) is 15.5. The number of thioether (sulfide) groups is 1. The molecule has 0 bridgehead atoms. The Hall–Kier alpha value is -2.51. The van der Waals surface area contributed by atoms with Crippen molar-refractivity contribution in [3.05, 3.63) is 65.5 Å². The first-order valence-corrected chi connectivity index (χ1v) is 9.09. The van der Waals surface area contributed by atoms with Crippen LogP contribution in [0.5, 0.6) is 5.75 Å². The number of carbonyl (C=O) groups is 1. The van der Waals surface area contributed by atoms with Crippen LogP contribution in [-0.2, 0) is 11.4 Å². The molecule has 1 amide bonds. The Balaban J connectivity index is 1.51. The molecule has 0 aliphatic carbocycles. The molecule has 0 unspecified atom stereocenters. The smallest absolute Gasteiger partial charge is 0.277 e. The quantitative estimate of drug-likeness (QED) is 0.602. The van der Waals surface area contributed by atoms with Crippen molar-refractivity contribution in [2.24, 2.45) is 0 Å². The number of anilines is 1.